The molecule has 0 amide bonds. The van der Waals surface area contributed by atoms with E-state index in [1.165, 1.54) is 0 Å². The molecule has 1 N–H and O–H groups in total. The van der Waals surface area contributed by atoms with E-state index in [-0.39, 0.29) is 12.0 Å². The number of hydrogen-bond donors (Lipinski definition) is 1. The lowest BCUT2D eigenvalue weighted by atomic mass is 9.80. The number of aliphatic hydroxyl groups is 1. The zero-order valence-electron chi connectivity index (χ0n) is 8.53. The summed E-state index contributed by atoms with van der Waals surface area (Å²) in [5.41, 5.74) is 0.650. The molecular formula is C12H11Cl2NO. The molecule has 0 aliphatic carbocycles. The van der Waals surface area contributed by atoms with E-state index < -0.39 is 0 Å². The standard InChI is InChI=1S/C12H11Cl2NO/c13-10-2-1-9(7-11(10)14)12(4-6-16)3-5-15-8-12/h1-3,5,7-8,16H,4,6H2. The van der Waals surface area contributed by atoms with Crippen LogP contribution in [0.4, 0.5) is 0 Å². The highest BCUT2D eigenvalue weighted by atomic mass is 35.5. The topological polar surface area (TPSA) is 32.6 Å². The second-order valence-corrected chi connectivity index (χ2v) is 4.55. The summed E-state index contributed by atoms with van der Waals surface area (Å²) >= 11 is 11.9. The van der Waals surface area contributed by atoms with Crippen LogP contribution < -0.4 is 0 Å². The highest BCUT2D eigenvalue weighted by Crippen LogP contribution is 2.34. The van der Waals surface area contributed by atoms with Crippen molar-refractivity contribution in [3.63, 3.8) is 0 Å². The van der Waals surface area contributed by atoms with E-state index in [2.05, 4.69) is 4.99 Å². The van der Waals surface area contributed by atoms with Gasteiger partial charge in [-0.3, -0.25) is 4.99 Å². The summed E-state index contributed by atoms with van der Waals surface area (Å²) in [5.74, 6) is 0. The van der Waals surface area contributed by atoms with E-state index in [1.807, 2.05) is 24.4 Å². The molecule has 0 spiro atoms. The van der Waals surface area contributed by atoms with Crippen LogP contribution >= 0.6 is 23.2 Å². The molecule has 84 valence electrons. The normalized spacial score (nSPS) is 22.9. The van der Waals surface area contributed by atoms with Crippen molar-refractivity contribution in [3.05, 3.63) is 46.1 Å². The van der Waals surface area contributed by atoms with Gasteiger partial charge in [-0.25, -0.2) is 0 Å². The average Bonchev–Trinajstić information content (AvgIpc) is 2.72. The van der Waals surface area contributed by atoms with Gasteiger partial charge in [0, 0.05) is 19.0 Å². The van der Waals surface area contributed by atoms with Gasteiger partial charge in [-0.1, -0.05) is 35.3 Å². The maximum absolute atomic E-state index is 9.12. The minimum Gasteiger partial charge on any atom is -0.396 e. The highest BCUT2D eigenvalue weighted by molar-refractivity contribution is 6.42. The van der Waals surface area contributed by atoms with Gasteiger partial charge in [0.25, 0.3) is 0 Å². The van der Waals surface area contributed by atoms with Crippen molar-refractivity contribution in [2.24, 2.45) is 4.99 Å². The molecule has 0 aromatic heterocycles. The van der Waals surface area contributed by atoms with Crippen LogP contribution in [0.2, 0.25) is 10.0 Å². The van der Waals surface area contributed by atoms with Crippen LogP contribution in [0.5, 0.6) is 0 Å². The SMILES string of the molecule is OCCC1(c2ccc(Cl)c(Cl)c2)C=CN=C1. The Morgan fingerprint density at radius 1 is 1.25 bits per heavy atom. The highest BCUT2D eigenvalue weighted by Gasteiger charge is 2.29. The number of nitrogens with zero attached hydrogens (tertiary/aromatic N) is 1. The van der Waals surface area contributed by atoms with Gasteiger partial charge in [0.2, 0.25) is 0 Å². The quantitative estimate of drug-likeness (QED) is 0.884. The summed E-state index contributed by atoms with van der Waals surface area (Å²) in [4.78, 5) is 4.09. The number of halogens is 2. The fourth-order valence-corrected chi connectivity index (χ4v) is 2.13. The van der Waals surface area contributed by atoms with Crippen molar-refractivity contribution in [1.29, 1.82) is 0 Å². The second kappa shape index (κ2) is 4.58. The lowest BCUT2D eigenvalue weighted by molar-refractivity contribution is 0.275. The lowest BCUT2D eigenvalue weighted by Crippen LogP contribution is -2.25. The zero-order valence-corrected chi connectivity index (χ0v) is 10.0. The largest absolute Gasteiger partial charge is 0.396 e. The molecule has 1 aliphatic rings. The van der Waals surface area contributed by atoms with Crippen molar-refractivity contribution in [2.45, 2.75) is 11.8 Å². The minimum atomic E-state index is -0.344. The zero-order chi connectivity index (χ0) is 11.6. The second-order valence-electron chi connectivity index (χ2n) is 3.74. The van der Waals surface area contributed by atoms with Gasteiger partial charge >= 0.3 is 0 Å². The van der Waals surface area contributed by atoms with Gasteiger partial charge in [0.05, 0.1) is 15.5 Å². The molecule has 2 rings (SSSR count). The van der Waals surface area contributed by atoms with Gasteiger partial charge in [-0.05, 0) is 24.1 Å². The molecular weight excluding hydrogens is 245 g/mol. The van der Waals surface area contributed by atoms with Crippen LogP contribution in [0.25, 0.3) is 0 Å². The van der Waals surface area contributed by atoms with Crippen LogP contribution in [0.3, 0.4) is 0 Å². The summed E-state index contributed by atoms with van der Waals surface area (Å²) in [6.45, 7) is 0.0939. The number of aliphatic imine (C=N–C) groups is 1. The Morgan fingerprint density at radius 2 is 2.06 bits per heavy atom. The van der Waals surface area contributed by atoms with Crippen LogP contribution in [0.1, 0.15) is 12.0 Å². The summed E-state index contributed by atoms with van der Waals surface area (Å²) in [6, 6.07) is 5.49. The van der Waals surface area contributed by atoms with Gasteiger partial charge in [0.1, 0.15) is 0 Å². The van der Waals surface area contributed by atoms with Gasteiger partial charge < -0.3 is 5.11 Å². The lowest BCUT2D eigenvalue weighted by Gasteiger charge is -2.24. The van der Waals surface area contributed by atoms with Crippen LogP contribution in [0.15, 0.2) is 35.5 Å². The number of aliphatic hydroxyl groups excluding tert-OH is 1. The molecule has 0 bridgehead atoms. The van der Waals surface area contributed by atoms with E-state index in [0.717, 1.165) is 5.56 Å². The third-order valence-electron chi connectivity index (χ3n) is 2.75. The number of hydrogen-bond acceptors (Lipinski definition) is 2. The fourth-order valence-electron chi connectivity index (χ4n) is 1.83. The Hall–Kier alpha value is -0.830. The maximum Gasteiger partial charge on any atom is 0.0595 e. The van der Waals surface area contributed by atoms with Crippen molar-refractivity contribution in [1.82, 2.24) is 0 Å². The predicted octanol–water partition coefficient (Wildman–Crippen LogP) is 3.21. The first-order valence-corrected chi connectivity index (χ1v) is 5.72. The van der Waals surface area contributed by atoms with Crippen molar-refractivity contribution in [2.75, 3.05) is 6.61 Å². The molecule has 1 aromatic rings. The van der Waals surface area contributed by atoms with Crippen LogP contribution in [0, 0.1) is 0 Å². The molecule has 1 atom stereocenters. The Morgan fingerprint density at radius 3 is 2.62 bits per heavy atom. The molecule has 0 saturated carbocycles. The van der Waals surface area contributed by atoms with Crippen molar-refractivity contribution >= 4 is 29.4 Å². The molecule has 0 fully saturated rings. The molecule has 4 heteroatoms. The summed E-state index contributed by atoms with van der Waals surface area (Å²) < 4.78 is 0. The summed E-state index contributed by atoms with van der Waals surface area (Å²) in [7, 11) is 0. The Kier molecular flexibility index (Phi) is 3.33. The van der Waals surface area contributed by atoms with Gasteiger partial charge in [0.15, 0.2) is 0 Å². The van der Waals surface area contributed by atoms with E-state index in [4.69, 9.17) is 28.3 Å². The van der Waals surface area contributed by atoms with Crippen LogP contribution in [-0.2, 0) is 5.41 Å². The Labute approximate surface area is 104 Å². The third-order valence-corrected chi connectivity index (χ3v) is 3.48. The number of rotatable bonds is 3. The van der Waals surface area contributed by atoms with E-state index in [0.29, 0.717) is 16.5 Å². The molecule has 1 heterocycles. The van der Waals surface area contributed by atoms with Crippen molar-refractivity contribution in [3.8, 4) is 0 Å². The third kappa shape index (κ3) is 2.01. The van der Waals surface area contributed by atoms with E-state index in [9.17, 15) is 0 Å². The first-order valence-electron chi connectivity index (χ1n) is 4.96. The average molecular weight is 256 g/mol. The molecule has 2 nitrogen and oxygen atoms in total. The fraction of sp³-hybridized carbons (Fsp3) is 0.250. The Balaban J connectivity index is 2.44. The maximum atomic E-state index is 9.12. The van der Waals surface area contributed by atoms with E-state index in [1.54, 1.807) is 12.3 Å². The monoisotopic (exact) mass is 255 g/mol. The molecule has 0 radical (unpaired) electrons. The summed E-state index contributed by atoms with van der Waals surface area (Å²) in [5, 5.41) is 10.2. The predicted molar refractivity (Wildman–Crippen MR) is 67.5 cm³/mol. The van der Waals surface area contributed by atoms with Gasteiger partial charge in [-0.2, -0.15) is 0 Å². The van der Waals surface area contributed by atoms with E-state index >= 15 is 0 Å². The first-order chi connectivity index (χ1) is 7.68. The minimum absolute atomic E-state index is 0.0939. The van der Waals surface area contributed by atoms with Crippen LogP contribution in [-0.4, -0.2) is 17.9 Å². The molecule has 1 aliphatic heterocycles. The summed E-state index contributed by atoms with van der Waals surface area (Å²) in [6.07, 6.45) is 6.11. The molecule has 1 unspecified atom stereocenters. The van der Waals surface area contributed by atoms with Crippen molar-refractivity contribution < 1.29 is 5.11 Å². The molecule has 16 heavy (non-hydrogen) atoms. The number of allylic oxidation sites excluding steroid dienone is 1. The Bertz CT molecular complexity index is 442. The molecule has 0 saturated heterocycles. The first kappa shape index (κ1) is 11.6. The van der Waals surface area contributed by atoms with Gasteiger partial charge in [-0.15, -0.1) is 0 Å². The smallest absolute Gasteiger partial charge is 0.0595 e. The molecule has 1 aromatic carbocycles. The number of benzene rings is 1.